The zero-order valence-corrected chi connectivity index (χ0v) is 9.66. The zero-order chi connectivity index (χ0) is 9.97. The molecule has 0 saturated carbocycles. The van der Waals surface area contributed by atoms with Crippen molar-refractivity contribution in [3.63, 3.8) is 0 Å². The van der Waals surface area contributed by atoms with Crippen molar-refractivity contribution in [2.24, 2.45) is 0 Å². The first kappa shape index (κ1) is 9.86. The Hall–Kier alpha value is -0.680. The normalized spacial score (nSPS) is 21.6. The Balaban J connectivity index is 2.13. The van der Waals surface area contributed by atoms with Crippen LogP contribution in [0.15, 0.2) is 17.0 Å². The summed E-state index contributed by atoms with van der Waals surface area (Å²) in [6, 6.07) is 0.580. The highest BCUT2D eigenvalue weighted by Crippen LogP contribution is 2.25. The number of nitrogens with one attached hydrogen (secondary N) is 1. The van der Waals surface area contributed by atoms with Crippen LogP contribution in [0.5, 0.6) is 0 Å². The number of anilines is 1. The van der Waals surface area contributed by atoms with Gasteiger partial charge in [-0.2, -0.15) is 0 Å². The van der Waals surface area contributed by atoms with Crippen LogP contribution in [-0.4, -0.2) is 36.1 Å². The number of halogens is 1. The van der Waals surface area contributed by atoms with Gasteiger partial charge in [-0.3, -0.25) is 0 Å². The molecule has 4 nitrogen and oxygen atoms in total. The molecule has 0 amide bonds. The molecular weight excluding hydrogens is 244 g/mol. The summed E-state index contributed by atoms with van der Waals surface area (Å²) in [7, 11) is 2.00. The quantitative estimate of drug-likeness (QED) is 0.859. The van der Waals surface area contributed by atoms with E-state index in [1.165, 1.54) is 6.42 Å². The minimum absolute atomic E-state index is 0.580. The van der Waals surface area contributed by atoms with Gasteiger partial charge in [0.2, 0.25) is 0 Å². The molecule has 76 valence electrons. The molecular formula is C9H13BrN4. The second-order valence-electron chi connectivity index (χ2n) is 3.41. The fraction of sp³-hybridized carbons (Fsp3) is 0.556. The molecule has 1 saturated heterocycles. The Morgan fingerprint density at radius 1 is 1.64 bits per heavy atom. The Labute approximate surface area is 91.9 Å². The van der Waals surface area contributed by atoms with E-state index in [2.05, 4.69) is 36.1 Å². The molecule has 2 heterocycles. The van der Waals surface area contributed by atoms with Crippen molar-refractivity contribution in [2.45, 2.75) is 12.5 Å². The molecule has 1 aliphatic rings. The molecule has 1 unspecified atom stereocenters. The maximum absolute atomic E-state index is 4.27. The lowest BCUT2D eigenvalue weighted by atomic mass is 10.3. The van der Waals surface area contributed by atoms with Crippen LogP contribution >= 0.6 is 15.9 Å². The largest absolute Gasteiger partial charge is 0.354 e. The molecule has 2 rings (SSSR count). The number of likely N-dealkylation sites (N-methyl/N-ethyl adjacent to an activating group) is 1. The summed E-state index contributed by atoms with van der Waals surface area (Å²) in [5.41, 5.74) is 0. The van der Waals surface area contributed by atoms with Crippen molar-refractivity contribution in [2.75, 3.05) is 25.0 Å². The van der Waals surface area contributed by atoms with Crippen LogP contribution in [0.1, 0.15) is 6.42 Å². The van der Waals surface area contributed by atoms with Crippen molar-refractivity contribution in [3.05, 3.63) is 17.0 Å². The average Bonchev–Trinajstić information content (AvgIpc) is 2.67. The molecule has 0 bridgehead atoms. The summed E-state index contributed by atoms with van der Waals surface area (Å²) < 4.78 is 0.969. The van der Waals surface area contributed by atoms with E-state index in [-0.39, 0.29) is 0 Å². The minimum Gasteiger partial charge on any atom is -0.354 e. The van der Waals surface area contributed by atoms with E-state index in [4.69, 9.17) is 0 Å². The first-order chi connectivity index (χ1) is 6.81. The molecule has 1 aliphatic heterocycles. The molecule has 1 aromatic heterocycles. The maximum atomic E-state index is 4.27. The molecule has 5 heteroatoms. The van der Waals surface area contributed by atoms with Crippen molar-refractivity contribution < 1.29 is 0 Å². The summed E-state index contributed by atoms with van der Waals surface area (Å²) in [6.07, 6.45) is 4.55. The van der Waals surface area contributed by atoms with Crippen molar-refractivity contribution in [3.8, 4) is 0 Å². The highest BCUT2D eigenvalue weighted by atomic mass is 79.9. The molecule has 0 aliphatic carbocycles. The molecule has 1 fully saturated rings. The minimum atomic E-state index is 0.580. The SMILES string of the molecule is CNC1CCN(c2ncncc2Br)C1. The van der Waals surface area contributed by atoms with Crippen LogP contribution in [-0.2, 0) is 0 Å². The Kier molecular flexibility index (Phi) is 2.98. The number of hydrogen-bond acceptors (Lipinski definition) is 4. The molecule has 1 aromatic rings. The lowest BCUT2D eigenvalue weighted by Gasteiger charge is -2.17. The topological polar surface area (TPSA) is 41.0 Å². The van der Waals surface area contributed by atoms with Gasteiger partial charge in [-0.15, -0.1) is 0 Å². The lowest BCUT2D eigenvalue weighted by Crippen LogP contribution is -2.30. The van der Waals surface area contributed by atoms with Gasteiger partial charge in [-0.05, 0) is 29.4 Å². The summed E-state index contributed by atoms with van der Waals surface area (Å²) in [5.74, 6) is 0.998. The van der Waals surface area contributed by atoms with Gasteiger partial charge in [0.15, 0.2) is 0 Å². The molecule has 1 N–H and O–H groups in total. The summed E-state index contributed by atoms with van der Waals surface area (Å²) in [6.45, 7) is 2.08. The van der Waals surface area contributed by atoms with Crippen LogP contribution in [0.25, 0.3) is 0 Å². The average molecular weight is 257 g/mol. The maximum Gasteiger partial charge on any atom is 0.146 e. The van der Waals surface area contributed by atoms with E-state index in [1.807, 2.05) is 7.05 Å². The highest BCUT2D eigenvalue weighted by molar-refractivity contribution is 9.10. The first-order valence-corrected chi connectivity index (χ1v) is 5.48. The third-order valence-corrected chi connectivity index (χ3v) is 3.10. The second-order valence-corrected chi connectivity index (χ2v) is 4.27. The highest BCUT2D eigenvalue weighted by Gasteiger charge is 2.23. The van der Waals surface area contributed by atoms with E-state index in [1.54, 1.807) is 12.5 Å². The second kappa shape index (κ2) is 4.23. The number of nitrogens with zero attached hydrogens (tertiary/aromatic N) is 3. The molecule has 1 atom stereocenters. The van der Waals surface area contributed by atoms with Gasteiger partial charge in [0, 0.05) is 25.3 Å². The number of rotatable bonds is 2. The fourth-order valence-corrected chi connectivity index (χ4v) is 2.20. The fourth-order valence-electron chi connectivity index (χ4n) is 1.73. The van der Waals surface area contributed by atoms with E-state index < -0.39 is 0 Å². The summed E-state index contributed by atoms with van der Waals surface area (Å²) in [5, 5.41) is 3.28. The van der Waals surface area contributed by atoms with Crippen LogP contribution < -0.4 is 10.2 Å². The Morgan fingerprint density at radius 2 is 2.50 bits per heavy atom. The van der Waals surface area contributed by atoms with Crippen LogP contribution in [0.4, 0.5) is 5.82 Å². The Morgan fingerprint density at radius 3 is 3.14 bits per heavy atom. The standard InChI is InChI=1S/C9H13BrN4/c1-11-7-2-3-14(5-7)9-8(10)4-12-6-13-9/h4,6-7,11H,2-3,5H2,1H3. The van der Waals surface area contributed by atoms with Crippen LogP contribution in [0.3, 0.4) is 0 Å². The molecule has 14 heavy (non-hydrogen) atoms. The molecule has 0 radical (unpaired) electrons. The molecule has 0 aromatic carbocycles. The third-order valence-electron chi connectivity index (χ3n) is 2.54. The van der Waals surface area contributed by atoms with E-state index in [0.29, 0.717) is 6.04 Å². The predicted octanol–water partition coefficient (Wildman–Crippen LogP) is 1.04. The summed E-state index contributed by atoms with van der Waals surface area (Å²) >= 11 is 3.46. The van der Waals surface area contributed by atoms with Gasteiger partial charge >= 0.3 is 0 Å². The summed E-state index contributed by atoms with van der Waals surface area (Å²) in [4.78, 5) is 10.5. The molecule has 0 spiro atoms. The van der Waals surface area contributed by atoms with Crippen molar-refractivity contribution in [1.29, 1.82) is 0 Å². The van der Waals surface area contributed by atoms with E-state index in [9.17, 15) is 0 Å². The van der Waals surface area contributed by atoms with Crippen LogP contribution in [0.2, 0.25) is 0 Å². The van der Waals surface area contributed by atoms with Crippen LogP contribution in [0, 0.1) is 0 Å². The predicted molar refractivity (Wildman–Crippen MR) is 59.4 cm³/mol. The van der Waals surface area contributed by atoms with Crippen molar-refractivity contribution in [1.82, 2.24) is 15.3 Å². The van der Waals surface area contributed by atoms with Gasteiger partial charge in [0.05, 0.1) is 4.47 Å². The van der Waals surface area contributed by atoms with Gasteiger partial charge in [-0.1, -0.05) is 0 Å². The van der Waals surface area contributed by atoms with E-state index >= 15 is 0 Å². The smallest absolute Gasteiger partial charge is 0.146 e. The van der Waals surface area contributed by atoms with Crippen molar-refractivity contribution >= 4 is 21.7 Å². The number of aromatic nitrogens is 2. The van der Waals surface area contributed by atoms with E-state index in [0.717, 1.165) is 23.4 Å². The van der Waals surface area contributed by atoms with Gasteiger partial charge < -0.3 is 10.2 Å². The van der Waals surface area contributed by atoms with Gasteiger partial charge in [-0.25, -0.2) is 9.97 Å². The number of hydrogen-bond donors (Lipinski definition) is 1. The monoisotopic (exact) mass is 256 g/mol. The third kappa shape index (κ3) is 1.88. The lowest BCUT2D eigenvalue weighted by molar-refractivity contribution is 0.616. The first-order valence-electron chi connectivity index (χ1n) is 4.69. The van der Waals surface area contributed by atoms with Gasteiger partial charge in [0.25, 0.3) is 0 Å². The Bertz CT molecular complexity index is 317. The zero-order valence-electron chi connectivity index (χ0n) is 8.07. The van der Waals surface area contributed by atoms with Gasteiger partial charge in [0.1, 0.15) is 12.1 Å².